The number of amides is 1. The molecular weight excluding hydrogens is 587 g/mol. The molecule has 0 aliphatic carbocycles. The maximum atomic E-state index is 14.5. The summed E-state index contributed by atoms with van der Waals surface area (Å²) in [6, 6.07) is 1.74. The van der Waals surface area contributed by atoms with Gasteiger partial charge in [-0.1, -0.05) is 30.3 Å². The molecule has 1 amide bonds. The molecule has 2 aromatic rings. The second-order valence-electron chi connectivity index (χ2n) is 12.1. The second-order valence-corrected chi connectivity index (χ2v) is 13.5. The number of pyridine rings is 1. The number of aliphatic carboxylic acids is 1. The number of alkyl carbamates (subject to hydrolysis) is 1. The molecule has 0 radical (unpaired) electrons. The molecule has 0 spiro atoms. The summed E-state index contributed by atoms with van der Waals surface area (Å²) in [7, 11) is 0. The second kappa shape index (κ2) is 12.8. The van der Waals surface area contributed by atoms with Crippen LogP contribution in [0.5, 0.6) is 0 Å². The first-order valence-corrected chi connectivity index (χ1v) is 15.1. The van der Waals surface area contributed by atoms with Crippen LogP contribution in [0.25, 0.3) is 0 Å². The van der Waals surface area contributed by atoms with Crippen LogP contribution in [0.15, 0.2) is 28.4 Å². The van der Waals surface area contributed by atoms with Crippen LogP contribution < -0.4 is 15.1 Å². The van der Waals surface area contributed by atoms with E-state index in [0.717, 1.165) is 12.8 Å². The third kappa shape index (κ3) is 7.73. The number of nitrogens with zero attached hydrogens (tertiary/aromatic N) is 5. The number of rotatable bonds is 8. The van der Waals surface area contributed by atoms with Crippen molar-refractivity contribution in [1.82, 2.24) is 20.3 Å². The third-order valence-electron chi connectivity index (χ3n) is 7.57. The standard InChI is InChI=1S/C28H38ClFN6O5S/c1-26(2,3)41-25(40)33-17-27(4)6-11-35(12-7-27)22-18(16-37)34-20(15-32-22)42-19-5-10-31-23(21(19)29)36-13-8-28(30,9-14-36)24(38)39/h5,10,15,37H,6-9,11-14,16-17H2,1-4H3,(H,33,40)(H,38,39). The number of carboxylic acid groups (broad SMARTS) is 1. The fourth-order valence-electron chi connectivity index (χ4n) is 4.97. The van der Waals surface area contributed by atoms with Gasteiger partial charge in [0.2, 0.25) is 5.67 Å². The average molecular weight is 625 g/mol. The average Bonchev–Trinajstić information content (AvgIpc) is 2.93. The minimum atomic E-state index is -2.24. The van der Waals surface area contributed by atoms with Gasteiger partial charge in [0.15, 0.2) is 5.82 Å². The van der Waals surface area contributed by atoms with E-state index in [4.69, 9.17) is 21.4 Å². The molecule has 230 valence electrons. The van der Waals surface area contributed by atoms with Crippen LogP contribution in [0.3, 0.4) is 0 Å². The summed E-state index contributed by atoms with van der Waals surface area (Å²) >= 11 is 7.95. The minimum Gasteiger partial charge on any atom is -0.479 e. The number of hydrogen-bond donors (Lipinski definition) is 3. The Morgan fingerprint density at radius 2 is 1.74 bits per heavy atom. The lowest BCUT2D eigenvalue weighted by molar-refractivity contribution is -0.152. The van der Waals surface area contributed by atoms with Gasteiger partial charge >= 0.3 is 12.1 Å². The Bertz CT molecular complexity index is 1300. The van der Waals surface area contributed by atoms with Crippen molar-refractivity contribution in [3.63, 3.8) is 0 Å². The summed E-state index contributed by atoms with van der Waals surface area (Å²) in [4.78, 5) is 41.5. The first-order chi connectivity index (χ1) is 19.7. The number of ether oxygens (including phenoxy) is 1. The Morgan fingerprint density at radius 3 is 2.33 bits per heavy atom. The van der Waals surface area contributed by atoms with Crippen molar-refractivity contribution in [2.75, 3.05) is 42.5 Å². The van der Waals surface area contributed by atoms with Gasteiger partial charge in [0, 0.05) is 56.7 Å². The zero-order valence-corrected chi connectivity index (χ0v) is 25.9. The number of aliphatic hydroxyl groups excluding tert-OH is 1. The van der Waals surface area contributed by atoms with E-state index in [1.165, 1.54) is 11.8 Å². The van der Waals surface area contributed by atoms with Crippen molar-refractivity contribution in [2.45, 2.75) is 81.2 Å². The van der Waals surface area contributed by atoms with E-state index in [-0.39, 0.29) is 38.0 Å². The molecule has 11 nitrogen and oxygen atoms in total. The Kier molecular flexibility index (Phi) is 9.73. The number of carbonyl (C=O) groups excluding carboxylic acids is 1. The van der Waals surface area contributed by atoms with Gasteiger partial charge < -0.3 is 30.1 Å². The van der Waals surface area contributed by atoms with Crippen LogP contribution in [-0.4, -0.2) is 81.2 Å². The zero-order valence-electron chi connectivity index (χ0n) is 24.3. The SMILES string of the molecule is CC1(CNC(=O)OC(C)(C)C)CCN(c2ncc(Sc3ccnc(N4CCC(F)(C(=O)O)CC4)c3Cl)nc2CO)CC1. The summed E-state index contributed by atoms with van der Waals surface area (Å²) in [5.41, 5.74) is -2.44. The van der Waals surface area contributed by atoms with Crippen LogP contribution in [0.1, 0.15) is 59.1 Å². The maximum absolute atomic E-state index is 14.5. The minimum absolute atomic E-state index is 0.0977. The van der Waals surface area contributed by atoms with Crippen molar-refractivity contribution in [3.8, 4) is 0 Å². The first-order valence-electron chi connectivity index (χ1n) is 13.9. The summed E-state index contributed by atoms with van der Waals surface area (Å²) < 4.78 is 19.9. The molecule has 2 saturated heterocycles. The molecule has 3 N–H and O–H groups in total. The molecule has 0 aromatic carbocycles. The summed E-state index contributed by atoms with van der Waals surface area (Å²) in [6.45, 7) is 9.58. The van der Waals surface area contributed by atoms with Crippen LogP contribution >= 0.6 is 23.4 Å². The van der Waals surface area contributed by atoms with Gasteiger partial charge in [-0.15, -0.1) is 0 Å². The monoisotopic (exact) mass is 624 g/mol. The van der Waals surface area contributed by atoms with E-state index in [1.807, 2.05) is 20.8 Å². The van der Waals surface area contributed by atoms with Crippen molar-refractivity contribution in [3.05, 3.63) is 29.2 Å². The fraction of sp³-hybridized carbons (Fsp3) is 0.607. The molecule has 0 atom stereocenters. The number of aliphatic hydroxyl groups is 1. The number of carboxylic acids is 1. The van der Waals surface area contributed by atoms with Gasteiger partial charge in [-0.25, -0.2) is 28.9 Å². The van der Waals surface area contributed by atoms with Gasteiger partial charge in [-0.05, 0) is 45.1 Å². The zero-order chi connectivity index (χ0) is 30.7. The Balaban J connectivity index is 1.39. The highest BCUT2D eigenvalue weighted by atomic mass is 35.5. The highest BCUT2D eigenvalue weighted by Crippen LogP contribution is 2.40. The van der Waals surface area contributed by atoms with Crippen LogP contribution in [-0.2, 0) is 16.1 Å². The van der Waals surface area contributed by atoms with E-state index in [1.54, 1.807) is 23.4 Å². The normalized spacial score (nSPS) is 18.5. The molecular formula is C28H38ClFN6O5S. The molecule has 0 unspecified atom stereocenters. The molecule has 0 bridgehead atoms. The van der Waals surface area contributed by atoms with Crippen molar-refractivity contribution >= 4 is 47.1 Å². The predicted molar refractivity (Wildman–Crippen MR) is 158 cm³/mol. The van der Waals surface area contributed by atoms with Gasteiger partial charge in [0.25, 0.3) is 0 Å². The van der Waals surface area contributed by atoms with Gasteiger partial charge in [-0.2, -0.15) is 0 Å². The quantitative estimate of drug-likeness (QED) is 0.376. The van der Waals surface area contributed by atoms with E-state index in [2.05, 4.69) is 32.1 Å². The molecule has 2 fully saturated rings. The Morgan fingerprint density at radius 1 is 1.12 bits per heavy atom. The molecule has 42 heavy (non-hydrogen) atoms. The Hall–Kier alpha value is -2.90. The van der Waals surface area contributed by atoms with E-state index >= 15 is 0 Å². The number of hydrogen-bond acceptors (Lipinski definition) is 10. The molecule has 2 aromatic heterocycles. The molecule has 0 saturated carbocycles. The largest absolute Gasteiger partial charge is 0.479 e. The third-order valence-corrected chi connectivity index (χ3v) is 9.02. The highest BCUT2D eigenvalue weighted by Gasteiger charge is 2.42. The topological polar surface area (TPSA) is 141 Å². The summed E-state index contributed by atoms with van der Waals surface area (Å²) in [5.74, 6) is -0.369. The number of halogens is 2. The summed E-state index contributed by atoms with van der Waals surface area (Å²) in [5, 5.41) is 23.1. The number of piperidine rings is 2. The van der Waals surface area contributed by atoms with Crippen LogP contribution in [0, 0.1) is 5.41 Å². The molecule has 4 rings (SSSR count). The van der Waals surface area contributed by atoms with Gasteiger partial charge in [0.1, 0.15) is 22.1 Å². The molecule has 14 heteroatoms. The summed E-state index contributed by atoms with van der Waals surface area (Å²) in [6.07, 6.45) is 4.13. The van der Waals surface area contributed by atoms with E-state index < -0.39 is 23.3 Å². The lowest BCUT2D eigenvalue weighted by Crippen LogP contribution is -2.46. The predicted octanol–water partition coefficient (Wildman–Crippen LogP) is 4.69. The molecule has 2 aliphatic heterocycles. The smallest absolute Gasteiger partial charge is 0.407 e. The van der Waals surface area contributed by atoms with Crippen molar-refractivity contribution in [1.29, 1.82) is 0 Å². The molecule has 4 heterocycles. The number of carbonyl (C=O) groups is 2. The number of aromatic nitrogens is 3. The highest BCUT2D eigenvalue weighted by molar-refractivity contribution is 7.99. The number of anilines is 2. The lowest BCUT2D eigenvalue weighted by Gasteiger charge is -2.40. The van der Waals surface area contributed by atoms with Gasteiger partial charge in [-0.3, -0.25) is 0 Å². The van der Waals surface area contributed by atoms with E-state index in [0.29, 0.717) is 51.9 Å². The van der Waals surface area contributed by atoms with Crippen LogP contribution in [0.2, 0.25) is 5.02 Å². The Labute approximate surface area is 254 Å². The van der Waals surface area contributed by atoms with Gasteiger partial charge in [0.05, 0.1) is 17.8 Å². The van der Waals surface area contributed by atoms with Crippen molar-refractivity contribution in [2.24, 2.45) is 5.41 Å². The van der Waals surface area contributed by atoms with Crippen LogP contribution in [0.4, 0.5) is 20.8 Å². The van der Waals surface area contributed by atoms with E-state index in [9.17, 15) is 19.1 Å². The lowest BCUT2D eigenvalue weighted by atomic mass is 9.80. The fourth-order valence-corrected chi connectivity index (χ4v) is 6.11. The first kappa shape index (κ1) is 32.0. The number of alkyl halides is 1. The maximum Gasteiger partial charge on any atom is 0.407 e. The molecule has 2 aliphatic rings. The van der Waals surface area contributed by atoms with Crippen molar-refractivity contribution < 1.29 is 28.9 Å². The number of nitrogens with one attached hydrogen (secondary N) is 1.